The molecule has 0 spiro atoms. The first kappa shape index (κ1) is 15.3. The lowest BCUT2D eigenvalue weighted by atomic mass is 9.93. The van der Waals surface area contributed by atoms with Gasteiger partial charge in [0.25, 0.3) is 0 Å². The molecule has 1 aliphatic rings. The van der Waals surface area contributed by atoms with E-state index in [0.29, 0.717) is 19.4 Å². The van der Waals surface area contributed by atoms with Crippen molar-refractivity contribution in [1.29, 1.82) is 0 Å². The van der Waals surface area contributed by atoms with Crippen molar-refractivity contribution in [3.8, 4) is 0 Å². The van der Waals surface area contributed by atoms with Gasteiger partial charge in [0.2, 0.25) is 0 Å². The molecule has 0 radical (unpaired) electrons. The number of aliphatic carboxylic acids is 1. The fraction of sp³-hybridized carbons (Fsp3) is 0.467. The summed E-state index contributed by atoms with van der Waals surface area (Å²) in [5.74, 6) is -1.69. The molecule has 0 aliphatic carbocycles. The van der Waals surface area contributed by atoms with E-state index in [-0.39, 0.29) is 13.2 Å². The van der Waals surface area contributed by atoms with Gasteiger partial charge in [-0.15, -0.1) is 0 Å². The summed E-state index contributed by atoms with van der Waals surface area (Å²) in [6.45, 7) is 0.917. The molecular formula is C15H19NO5. The van der Waals surface area contributed by atoms with E-state index >= 15 is 0 Å². The van der Waals surface area contributed by atoms with Gasteiger partial charge in [-0.05, 0) is 18.4 Å². The summed E-state index contributed by atoms with van der Waals surface area (Å²) >= 11 is 0. The van der Waals surface area contributed by atoms with Crippen LogP contribution in [0.4, 0.5) is 4.79 Å². The van der Waals surface area contributed by atoms with Crippen LogP contribution in [0.5, 0.6) is 0 Å². The molecule has 0 bridgehead atoms. The van der Waals surface area contributed by atoms with Gasteiger partial charge in [-0.2, -0.15) is 0 Å². The third-order valence-electron chi connectivity index (χ3n) is 3.62. The van der Waals surface area contributed by atoms with Crippen molar-refractivity contribution in [2.45, 2.75) is 25.6 Å². The zero-order chi connectivity index (χ0) is 15.2. The molecule has 1 aliphatic heterocycles. The molecule has 114 valence electrons. The maximum absolute atomic E-state index is 12.0. The van der Waals surface area contributed by atoms with E-state index in [2.05, 4.69) is 0 Å². The zero-order valence-corrected chi connectivity index (χ0v) is 11.6. The Kier molecular flexibility index (Phi) is 5.16. The van der Waals surface area contributed by atoms with Gasteiger partial charge in [0.15, 0.2) is 6.10 Å². The number of amides is 1. The molecule has 1 fully saturated rings. The Hall–Kier alpha value is -2.08. The summed E-state index contributed by atoms with van der Waals surface area (Å²) in [7, 11) is 0. The van der Waals surface area contributed by atoms with Gasteiger partial charge in [0, 0.05) is 19.0 Å². The molecule has 0 saturated carbocycles. The van der Waals surface area contributed by atoms with Gasteiger partial charge >= 0.3 is 12.1 Å². The van der Waals surface area contributed by atoms with Crippen molar-refractivity contribution in [3.05, 3.63) is 35.9 Å². The number of benzene rings is 1. The average molecular weight is 293 g/mol. The average Bonchev–Trinajstić information content (AvgIpc) is 2.53. The number of carboxylic acids is 1. The molecule has 1 heterocycles. The molecule has 2 rings (SSSR count). The van der Waals surface area contributed by atoms with Crippen molar-refractivity contribution in [2.75, 3.05) is 13.1 Å². The van der Waals surface area contributed by atoms with Gasteiger partial charge in [-0.25, -0.2) is 9.59 Å². The van der Waals surface area contributed by atoms with E-state index in [0.717, 1.165) is 5.56 Å². The van der Waals surface area contributed by atoms with Crippen LogP contribution >= 0.6 is 0 Å². The number of likely N-dealkylation sites (tertiary alicyclic amines) is 1. The Morgan fingerprint density at radius 3 is 2.71 bits per heavy atom. The minimum atomic E-state index is -1.44. The highest BCUT2D eigenvalue weighted by Crippen LogP contribution is 2.21. The highest BCUT2D eigenvalue weighted by molar-refractivity contribution is 5.73. The molecule has 6 heteroatoms. The molecule has 6 nitrogen and oxygen atoms in total. The molecule has 1 saturated heterocycles. The van der Waals surface area contributed by atoms with Crippen LogP contribution in [0.1, 0.15) is 18.4 Å². The third-order valence-corrected chi connectivity index (χ3v) is 3.62. The summed E-state index contributed by atoms with van der Waals surface area (Å²) in [5.41, 5.74) is 0.894. The lowest BCUT2D eigenvalue weighted by Gasteiger charge is -2.33. The predicted molar refractivity (Wildman–Crippen MR) is 74.6 cm³/mol. The van der Waals surface area contributed by atoms with Gasteiger partial charge in [0.05, 0.1) is 0 Å². The van der Waals surface area contributed by atoms with Crippen molar-refractivity contribution >= 4 is 12.1 Å². The fourth-order valence-electron chi connectivity index (χ4n) is 2.45. The SMILES string of the molecule is O=C(O)C(O)C1CCCN(C(=O)OCc2ccccc2)C1. The maximum Gasteiger partial charge on any atom is 0.410 e. The van der Waals surface area contributed by atoms with Gasteiger partial charge in [0.1, 0.15) is 6.61 Å². The Morgan fingerprint density at radius 2 is 2.05 bits per heavy atom. The van der Waals surface area contributed by atoms with Crippen LogP contribution in [0, 0.1) is 5.92 Å². The second-order valence-electron chi connectivity index (χ2n) is 5.17. The quantitative estimate of drug-likeness (QED) is 0.878. The molecule has 2 unspecified atom stereocenters. The van der Waals surface area contributed by atoms with E-state index in [1.807, 2.05) is 30.3 Å². The minimum absolute atomic E-state index is 0.183. The first-order valence-electron chi connectivity index (χ1n) is 6.94. The first-order chi connectivity index (χ1) is 10.1. The van der Waals surface area contributed by atoms with E-state index < -0.39 is 24.1 Å². The number of carboxylic acid groups (broad SMARTS) is 1. The molecular weight excluding hydrogens is 274 g/mol. The number of hydrogen-bond acceptors (Lipinski definition) is 4. The third kappa shape index (κ3) is 4.19. The second-order valence-corrected chi connectivity index (χ2v) is 5.17. The first-order valence-corrected chi connectivity index (χ1v) is 6.94. The van der Waals surface area contributed by atoms with Crippen LogP contribution in [0.25, 0.3) is 0 Å². The monoisotopic (exact) mass is 293 g/mol. The highest BCUT2D eigenvalue weighted by atomic mass is 16.6. The predicted octanol–water partition coefficient (Wildman–Crippen LogP) is 1.48. The number of piperidine rings is 1. The summed E-state index contributed by atoms with van der Waals surface area (Å²) in [5, 5.41) is 18.4. The van der Waals surface area contributed by atoms with Crippen LogP contribution in [0.2, 0.25) is 0 Å². The Bertz CT molecular complexity index is 490. The minimum Gasteiger partial charge on any atom is -0.479 e. The molecule has 21 heavy (non-hydrogen) atoms. The number of nitrogens with zero attached hydrogens (tertiary/aromatic N) is 1. The maximum atomic E-state index is 12.0. The molecule has 1 aromatic rings. The smallest absolute Gasteiger partial charge is 0.410 e. The number of hydrogen-bond donors (Lipinski definition) is 2. The summed E-state index contributed by atoms with van der Waals surface area (Å²) in [4.78, 5) is 24.2. The lowest BCUT2D eigenvalue weighted by molar-refractivity contribution is -0.150. The van der Waals surface area contributed by atoms with E-state index in [9.17, 15) is 14.7 Å². The lowest BCUT2D eigenvalue weighted by Crippen LogP contribution is -2.45. The van der Waals surface area contributed by atoms with E-state index in [4.69, 9.17) is 9.84 Å². The Labute approximate surface area is 122 Å². The van der Waals surface area contributed by atoms with Crippen molar-refractivity contribution in [1.82, 2.24) is 4.90 Å². The standard InChI is InChI=1S/C15H19NO5/c17-13(14(18)19)12-7-4-8-16(9-12)15(20)21-10-11-5-2-1-3-6-11/h1-3,5-6,12-13,17H,4,7-10H2,(H,18,19). The zero-order valence-electron chi connectivity index (χ0n) is 11.6. The Balaban J connectivity index is 1.86. The molecule has 2 N–H and O–H groups in total. The number of rotatable bonds is 4. The molecule has 1 aromatic carbocycles. The number of aliphatic hydroxyl groups is 1. The number of carbonyl (C=O) groups is 2. The largest absolute Gasteiger partial charge is 0.479 e. The normalized spacial score (nSPS) is 19.9. The topological polar surface area (TPSA) is 87.1 Å². The van der Waals surface area contributed by atoms with E-state index in [1.165, 1.54) is 4.90 Å². The highest BCUT2D eigenvalue weighted by Gasteiger charge is 2.32. The number of aliphatic hydroxyl groups excluding tert-OH is 1. The van der Waals surface area contributed by atoms with Gasteiger partial charge in [-0.1, -0.05) is 30.3 Å². The molecule has 0 aromatic heterocycles. The number of ether oxygens (including phenoxy) is 1. The van der Waals surface area contributed by atoms with Crippen molar-refractivity contribution < 1.29 is 24.5 Å². The van der Waals surface area contributed by atoms with Gasteiger partial charge in [-0.3, -0.25) is 0 Å². The van der Waals surface area contributed by atoms with Crippen LogP contribution < -0.4 is 0 Å². The van der Waals surface area contributed by atoms with Crippen LogP contribution in [0.3, 0.4) is 0 Å². The van der Waals surface area contributed by atoms with Crippen LogP contribution in [0.15, 0.2) is 30.3 Å². The molecule has 2 atom stereocenters. The second kappa shape index (κ2) is 7.08. The Morgan fingerprint density at radius 1 is 1.33 bits per heavy atom. The fourth-order valence-corrected chi connectivity index (χ4v) is 2.45. The summed E-state index contributed by atoms with van der Waals surface area (Å²) in [6, 6.07) is 9.33. The van der Waals surface area contributed by atoms with Crippen LogP contribution in [-0.4, -0.2) is 46.4 Å². The summed E-state index contributed by atoms with van der Waals surface area (Å²) < 4.78 is 5.21. The van der Waals surface area contributed by atoms with Crippen LogP contribution in [-0.2, 0) is 16.1 Å². The van der Waals surface area contributed by atoms with Crippen molar-refractivity contribution in [3.63, 3.8) is 0 Å². The van der Waals surface area contributed by atoms with Crippen molar-refractivity contribution in [2.24, 2.45) is 5.92 Å². The van der Waals surface area contributed by atoms with Gasteiger partial charge < -0.3 is 19.8 Å². The molecule has 1 amide bonds. The number of carbonyl (C=O) groups excluding carboxylic acids is 1. The van der Waals surface area contributed by atoms with E-state index in [1.54, 1.807) is 0 Å². The summed E-state index contributed by atoms with van der Waals surface area (Å²) in [6.07, 6.45) is -0.651.